The lowest BCUT2D eigenvalue weighted by Crippen LogP contribution is -2.30. The van der Waals surface area contributed by atoms with Crippen molar-refractivity contribution in [3.8, 4) is 0 Å². The van der Waals surface area contributed by atoms with Gasteiger partial charge in [-0.25, -0.2) is 0 Å². The first-order chi connectivity index (χ1) is 40.0. The summed E-state index contributed by atoms with van der Waals surface area (Å²) in [6, 6.07) is 0. The van der Waals surface area contributed by atoms with Crippen molar-refractivity contribution in [1.82, 2.24) is 0 Å². The lowest BCUT2D eigenvalue weighted by molar-refractivity contribution is -0.167. The van der Waals surface area contributed by atoms with Crippen LogP contribution in [-0.2, 0) is 28.6 Å². The van der Waals surface area contributed by atoms with Crippen molar-refractivity contribution in [1.29, 1.82) is 0 Å². The van der Waals surface area contributed by atoms with Gasteiger partial charge in [0.05, 0.1) is 0 Å². The summed E-state index contributed by atoms with van der Waals surface area (Å²) in [6.07, 6.45) is 86.5. The Morgan fingerprint density at radius 3 is 0.617 bits per heavy atom. The van der Waals surface area contributed by atoms with Gasteiger partial charge in [0.2, 0.25) is 0 Å². The Morgan fingerprint density at radius 2 is 0.407 bits per heavy atom. The first-order valence-electron chi connectivity index (χ1n) is 36.8. The summed E-state index contributed by atoms with van der Waals surface area (Å²) >= 11 is 0. The number of allylic oxidation sites excluding steroid dienone is 4. The summed E-state index contributed by atoms with van der Waals surface area (Å²) in [7, 11) is 0. The molecule has 0 fully saturated rings. The van der Waals surface area contributed by atoms with Gasteiger partial charge in [-0.1, -0.05) is 353 Å². The van der Waals surface area contributed by atoms with Gasteiger partial charge in [-0.15, -0.1) is 0 Å². The Hall–Kier alpha value is -2.11. The predicted molar refractivity (Wildman–Crippen MR) is 353 cm³/mol. The number of esters is 3. The molecule has 81 heavy (non-hydrogen) atoms. The van der Waals surface area contributed by atoms with Crippen molar-refractivity contribution in [2.24, 2.45) is 0 Å². The molecule has 0 saturated carbocycles. The molecule has 0 radical (unpaired) electrons. The molecule has 0 spiro atoms. The Kier molecular flexibility index (Phi) is 68.5. The SMILES string of the molecule is CCCCCCC/C=C\CCCCCCCC(=O)OCC(COC(=O)CCCCCCCCCCCCCCCCCCC/C=C\CCCCCCCCCC)OC(=O)CCCCCCCCCCCCCCCCCCCCCC. The van der Waals surface area contributed by atoms with Gasteiger partial charge < -0.3 is 14.2 Å². The van der Waals surface area contributed by atoms with Crippen LogP contribution in [0, 0.1) is 0 Å². The van der Waals surface area contributed by atoms with Gasteiger partial charge in [0, 0.05) is 19.3 Å². The standard InChI is InChI=1S/C75H142O6/c1-4-7-10-13-16-19-22-25-28-30-32-34-35-36-37-38-39-40-41-42-44-45-47-50-53-56-59-62-65-68-74(77)80-71-72(70-79-73(76)67-64-61-58-55-52-49-27-24-21-18-15-12-9-6-3)81-75(78)69-66-63-60-57-54-51-48-46-43-33-31-29-26-23-20-17-14-11-8-5-2/h24,27,30,32,72H,4-23,25-26,28-29,31,33-71H2,1-3H3/b27-24-,32-30-. The van der Waals surface area contributed by atoms with E-state index >= 15 is 0 Å². The minimum Gasteiger partial charge on any atom is -0.462 e. The van der Waals surface area contributed by atoms with Crippen LogP contribution >= 0.6 is 0 Å². The van der Waals surface area contributed by atoms with Gasteiger partial charge in [-0.2, -0.15) is 0 Å². The zero-order valence-corrected chi connectivity index (χ0v) is 55.1. The molecular weight excluding hydrogens is 997 g/mol. The average Bonchev–Trinajstić information content (AvgIpc) is 3.47. The first-order valence-corrected chi connectivity index (χ1v) is 36.8. The Labute approximate surface area is 506 Å². The van der Waals surface area contributed by atoms with E-state index in [2.05, 4.69) is 45.1 Å². The molecule has 0 bridgehead atoms. The molecule has 0 aromatic carbocycles. The van der Waals surface area contributed by atoms with Gasteiger partial charge in [0.25, 0.3) is 0 Å². The van der Waals surface area contributed by atoms with Crippen LogP contribution in [0.5, 0.6) is 0 Å². The Morgan fingerprint density at radius 1 is 0.235 bits per heavy atom. The second kappa shape index (κ2) is 70.4. The topological polar surface area (TPSA) is 78.9 Å². The zero-order valence-electron chi connectivity index (χ0n) is 55.1. The number of ether oxygens (including phenoxy) is 3. The van der Waals surface area contributed by atoms with Gasteiger partial charge >= 0.3 is 17.9 Å². The van der Waals surface area contributed by atoms with Gasteiger partial charge in [-0.3, -0.25) is 14.4 Å². The molecule has 0 aromatic rings. The summed E-state index contributed by atoms with van der Waals surface area (Å²) in [5, 5.41) is 0. The highest BCUT2D eigenvalue weighted by atomic mass is 16.6. The van der Waals surface area contributed by atoms with Crippen LogP contribution in [0.25, 0.3) is 0 Å². The summed E-state index contributed by atoms with van der Waals surface area (Å²) < 4.78 is 17.0. The molecule has 0 amide bonds. The molecule has 0 N–H and O–H groups in total. The van der Waals surface area contributed by atoms with Crippen LogP contribution in [-0.4, -0.2) is 37.2 Å². The Balaban J connectivity index is 4.18. The maximum absolute atomic E-state index is 13.0. The maximum Gasteiger partial charge on any atom is 0.306 e. The lowest BCUT2D eigenvalue weighted by atomic mass is 10.0. The number of unbranched alkanes of at least 4 members (excludes halogenated alkanes) is 54. The number of hydrogen-bond acceptors (Lipinski definition) is 6. The summed E-state index contributed by atoms with van der Waals surface area (Å²) in [6.45, 7) is 6.71. The van der Waals surface area contributed by atoms with E-state index in [-0.39, 0.29) is 31.1 Å². The highest BCUT2D eigenvalue weighted by Crippen LogP contribution is 2.19. The summed E-state index contributed by atoms with van der Waals surface area (Å²) in [4.78, 5) is 38.5. The van der Waals surface area contributed by atoms with Crippen LogP contribution in [0.3, 0.4) is 0 Å². The van der Waals surface area contributed by atoms with Crippen molar-refractivity contribution in [2.45, 2.75) is 425 Å². The fourth-order valence-corrected chi connectivity index (χ4v) is 11.4. The van der Waals surface area contributed by atoms with E-state index in [1.165, 1.54) is 315 Å². The molecule has 0 aliphatic heterocycles. The van der Waals surface area contributed by atoms with Crippen LogP contribution in [0.4, 0.5) is 0 Å². The second-order valence-electron chi connectivity index (χ2n) is 25.2. The van der Waals surface area contributed by atoms with Gasteiger partial charge in [0.15, 0.2) is 6.10 Å². The number of carbonyl (C=O) groups is 3. The highest BCUT2D eigenvalue weighted by molar-refractivity contribution is 5.71. The van der Waals surface area contributed by atoms with Gasteiger partial charge in [-0.05, 0) is 70.6 Å². The molecule has 0 rings (SSSR count). The molecule has 6 nitrogen and oxygen atoms in total. The van der Waals surface area contributed by atoms with Crippen LogP contribution < -0.4 is 0 Å². The van der Waals surface area contributed by atoms with E-state index in [1.54, 1.807) is 0 Å². The van der Waals surface area contributed by atoms with Crippen molar-refractivity contribution in [2.75, 3.05) is 13.2 Å². The molecule has 0 aliphatic rings. The molecule has 0 aliphatic carbocycles. The molecule has 1 unspecified atom stereocenters. The van der Waals surface area contributed by atoms with Crippen LogP contribution in [0.2, 0.25) is 0 Å². The normalized spacial score (nSPS) is 12.1. The average molecular weight is 1140 g/mol. The number of rotatable bonds is 69. The molecule has 1 atom stereocenters. The molecule has 0 saturated heterocycles. The number of carbonyl (C=O) groups excluding carboxylic acids is 3. The predicted octanol–water partition coefficient (Wildman–Crippen LogP) is 25.3. The monoisotopic (exact) mass is 1140 g/mol. The van der Waals surface area contributed by atoms with Crippen molar-refractivity contribution in [3.63, 3.8) is 0 Å². The minimum absolute atomic E-state index is 0.0673. The quantitative estimate of drug-likeness (QED) is 0.0261. The molecular formula is C75H142O6. The largest absolute Gasteiger partial charge is 0.462 e. The van der Waals surface area contributed by atoms with E-state index in [9.17, 15) is 14.4 Å². The molecule has 0 heterocycles. The van der Waals surface area contributed by atoms with Gasteiger partial charge in [0.1, 0.15) is 13.2 Å². The summed E-state index contributed by atoms with van der Waals surface area (Å²) in [5.41, 5.74) is 0. The smallest absolute Gasteiger partial charge is 0.306 e. The summed E-state index contributed by atoms with van der Waals surface area (Å²) in [5.74, 6) is -0.842. The fraction of sp³-hybridized carbons (Fsp3) is 0.907. The van der Waals surface area contributed by atoms with E-state index in [4.69, 9.17) is 14.2 Å². The molecule has 478 valence electrons. The highest BCUT2D eigenvalue weighted by Gasteiger charge is 2.19. The van der Waals surface area contributed by atoms with Crippen molar-refractivity contribution < 1.29 is 28.6 Å². The molecule has 6 heteroatoms. The van der Waals surface area contributed by atoms with E-state index < -0.39 is 6.10 Å². The van der Waals surface area contributed by atoms with Crippen molar-refractivity contribution in [3.05, 3.63) is 24.3 Å². The van der Waals surface area contributed by atoms with Crippen molar-refractivity contribution >= 4 is 17.9 Å². The molecule has 0 aromatic heterocycles. The fourth-order valence-electron chi connectivity index (χ4n) is 11.4. The van der Waals surface area contributed by atoms with E-state index in [1.807, 2.05) is 0 Å². The maximum atomic E-state index is 13.0. The van der Waals surface area contributed by atoms with Crippen LogP contribution in [0.1, 0.15) is 419 Å². The zero-order chi connectivity index (χ0) is 58.5. The third-order valence-corrected chi connectivity index (χ3v) is 16.9. The number of hydrogen-bond donors (Lipinski definition) is 0. The Bertz CT molecular complexity index is 1310. The van der Waals surface area contributed by atoms with Crippen LogP contribution in [0.15, 0.2) is 24.3 Å². The third kappa shape index (κ3) is 68.6. The third-order valence-electron chi connectivity index (χ3n) is 16.9. The second-order valence-corrected chi connectivity index (χ2v) is 25.2. The minimum atomic E-state index is -0.772. The van der Waals surface area contributed by atoms with E-state index in [0.29, 0.717) is 19.3 Å². The lowest BCUT2D eigenvalue weighted by Gasteiger charge is -2.18. The van der Waals surface area contributed by atoms with E-state index in [0.717, 1.165) is 64.2 Å². The first kappa shape index (κ1) is 78.9.